The van der Waals surface area contributed by atoms with E-state index in [0.717, 1.165) is 0 Å². The highest BCUT2D eigenvalue weighted by atomic mass is 19.1. The van der Waals surface area contributed by atoms with Crippen molar-refractivity contribution >= 4 is 5.91 Å². The Morgan fingerprint density at radius 3 is 3.11 bits per heavy atom. The normalized spacial score (nSPS) is 19.3. The molecule has 1 atom stereocenters. The Labute approximate surface area is 111 Å². The average Bonchev–Trinajstić information content (AvgIpc) is 2.46. The van der Waals surface area contributed by atoms with E-state index in [1.807, 2.05) is 0 Å². The number of hydrogen-bond acceptors (Lipinski definition) is 4. The van der Waals surface area contributed by atoms with Crippen LogP contribution in [0, 0.1) is 5.82 Å². The van der Waals surface area contributed by atoms with Gasteiger partial charge >= 0.3 is 0 Å². The van der Waals surface area contributed by atoms with Crippen LogP contribution in [0.5, 0.6) is 5.75 Å². The van der Waals surface area contributed by atoms with Crippen molar-refractivity contribution in [3.63, 3.8) is 0 Å². The van der Waals surface area contributed by atoms with Crippen molar-refractivity contribution in [2.24, 2.45) is 5.73 Å². The van der Waals surface area contributed by atoms with Crippen LogP contribution in [-0.4, -0.2) is 50.3 Å². The minimum absolute atomic E-state index is 0.186. The maximum absolute atomic E-state index is 13.3. The quantitative estimate of drug-likeness (QED) is 0.873. The van der Waals surface area contributed by atoms with Crippen LogP contribution in [0.25, 0.3) is 0 Å². The highest BCUT2D eigenvalue weighted by molar-refractivity contribution is 5.97. The van der Waals surface area contributed by atoms with E-state index in [4.69, 9.17) is 15.2 Å². The summed E-state index contributed by atoms with van der Waals surface area (Å²) in [5.74, 6) is -0.398. The summed E-state index contributed by atoms with van der Waals surface area (Å²) in [5.41, 5.74) is 5.84. The lowest BCUT2D eigenvalue weighted by Gasteiger charge is -2.35. The number of nitrogens with two attached hydrogens (primary N) is 1. The molecule has 5 nitrogen and oxygen atoms in total. The molecule has 0 bridgehead atoms. The summed E-state index contributed by atoms with van der Waals surface area (Å²) in [5, 5.41) is 0. The standard InChI is InChI=1S/C13H17FN2O3/c1-18-12-3-2-9(14)6-11(12)13(17)16-4-5-19-8-10(16)7-15/h2-3,6,10H,4-5,7-8,15H2,1H3. The van der Waals surface area contributed by atoms with E-state index in [-0.39, 0.29) is 17.5 Å². The van der Waals surface area contributed by atoms with Gasteiger partial charge in [-0.25, -0.2) is 4.39 Å². The van der Waals surface area contributed by atoms with Gasteiger partial charge in [0.2, 0.25) is 0 Å². The summed E-state index contributed by atoms with van der Waals surface area (Å²) in [7, 11) is 1.45. The predicted octanol–water partition coefficient (Wildman–Crippen LogP) is 0.634. The fourth-order valence-electron chi connectivity index (χ4n) is 2.12. The van der Waals surface area contributed by atoms with Crippen molar-refractivity contribution in [3.05, 3.63) is 29.6 Å². The van der Waals surface area contributed by atoms with Gasteiger partial charge in [-0.05, 0) is 18.2 Å². The van der Waals surface area contributed by atoms with Gasteiger partial charge in [0, 0.05) is 13.1 Å². The molecule has 1 aromatic carbocycles. The Morgan fingerprint density at radius 1 is 1.63 bits per heavy atom. The molecular weight excluding hydrogens is 251 g/mol. The third-order valence-corrected chi connectivity index (χ3v) is 3.15. The monoisotopic (exact) mass is 268 g/mol. The molecule has 0 spiro atoms. The van der Waals surface area contributed by atoms with Gasteiger partial charge in [-0.1, -0.05) is 0 Å². The maximum Gasteiger partial charge on any atom is 0.258 e. The fourth-order valence-corrected chi connectivity index (χ4v) is 2.12. The zero-order chi connectivity index (χ0) is 13.8. The van der Waals surface area contributed by atoms with Gasteiger partial charge in [0.25, 0.3) is 5.91 Å². The lowest BCUT2D eigenvalue weighted by atomic mass is 10.1. The van der Waals surface area contributed by atoms with Gasteiger partial charge in [0.1, 0.15) is 11.6 Å². The Hall–Kier alpha value is -1.66. The topological polar surface area (TPSA) is 64.8 Å². The average molecular weight is 268 g/mol. The van der Waals surface area contributed by atoms with Gasteiger partial charge in [0.15, 0.2) is 0 Å². The number of amides is 1. The number of benzene rings is 1. The Kier molecular flexibility index (Phi) is 4.34. The number of rotatable bonds is 3. The van der Waals surface area contributed by atoms with E-state index in [9.17, 15) is 9.18 Å². The summed E-state index contributed by atoms with van der Waals surface area (Å²) >= 11 is 0. The smallest absolute Gasteiger partial charge is 0.258 e. The lowest BCUT2D eigenvalue weighted by Crippen LogP contribution is -2.52. The minimum atomic E-state index is -0.471. The minimum Gasteiger partial charge on any atom is -0.496 e. The SMILES string of the molecule is COc1ccc(F)cc1C(=O)N1CCOCC1CN. The number of methoxy groups -OCH3 is 1. The third kappa shape index (κ3) is 2.85. The van der Waals surface area contributed by atoms with Crippen LogP contribution in [0.4, 0.5) is 4.39 Å². The second-order valence-corrected chi connectivity index (χ2v) is 4.31. The molecule has 1 heterocycles. The lowest BCUT2D eigenvalue weighted by molar-refractivity contribution is 0.000667. The number of carbonyl (C=O) groups is 1. The van der Waals surface area contributed by atoms with Crippen LogP contribution in [0.1, 0.15) is 10.4 Å². The summed E-state index contributed by atoms with van der Waals surface area (Å²) in [6, 6.07) is 3.70. The van der Waals surface area contributed by atoms with Gasteiger partial charge < -0.3 is 20.1 Å². The number of morpholine rings is 1. The van der Waals surface area contributed by atoms with Crippen LogP contribution in [-0.2, 0) is 4.74 Å². The van der Waals surface area contributed by atoms with E-state index < -0.39 is 5.82 Å². The van der Waals surface area contributed by atoms with Crippen LogP contribution >= 0.6 is 0 Å². The van der Waals surface area contributed by atoms with Crippen LogP contribution in [0.2, 0.25) is 0 Å². The largest absolute Gasteiger partial charge is 0.496 e. The molecule has 1 aliphatic heterocycles. The number of carbonyl (C=O) groups excluding carboxylic acids is 1. The van der Waals surface area contributed by atoms with Gasteiger partial charge in [-0.2, -0.15) is 0 Å². The number of halogens is 1. The summed E-state index contributed by atoms with van der Waals surface area (Å²) in [6.07, 6.45) is 0. The van der Waals surface area contributed by atoms with E-state index >= 15 is 0 Å². The Balaban J connectivity index is 2.29. The molecule has 0 aromatic heterocycles. The molecule has 1 saturated heterocycles. The van der Waals surface area contributed by atoms with Crippen molar-refractivity contribution in [1.29, 1.82) is 0 Å². The molecule has 0 saturated carbocycles. The maximum atomic E-state index is 13.3. The van der Waals surface area contributed by atoms with Crippen molar-refractivity contribution < 1.29 is 18.7 Å². The zero-order valence-corrected chi connectivity index (χ0v) is 10.8. The van der Waals surface area contributed by atoms with Gasteiger partial charge in [0.05, 0.1) is 31.9 Å². The zero-order valence-electron chi connectivity index (χ0n) is 10.8. The number of ether oxygens (including phenoxy) is 2. The summed E-state index contributed by atoms with van der Waals surface area (Å²) < 4.78 is 23.7. The molecule has 0 radical (unpaired) electrons. The molecule has 1 amide bonds. The van der Waals surface area contributed by atoms with Gasteiger partial charge in [-0.15, -0.1) is 0 Å². The molecule has 104 valence electrons. The molecule has 1 fully saturated rings. The van der Waals surface area contributed by atoms with E-state index in [1.54, 1.807) is 4.90 Å². The second kappa shape index (κ2) is 5.99. The molecule has 1 aliphatic rings. The van der Waals surface area contributed by atoms with Crippen LogP contribution in [0.15, 0.2) is 18.2 Å². The van der Waals surface area contributed by atoms with Gasteiger partial charge in [-0.3, -0.25) is 4.79 Å². The molecular formula is C13H17FN2O3. The first-order chi connectivity index (χ1) is 9.17. The highest BCUT2D eigenvalue weighted by Crippen LogP contribution is 2.22. The van der Waals surface area contributed by atoms with E-state index in [2.05, 4.69) is 0 Å². The first-order valence-corrected chi connectivity index (χ1v) is 6.09. The van der Waals surface area contributed by atoms with Crippen LogP contribution < -0.4 is 10.5 Å². The first kappa shape index (κ1) is 13.8. The van der Waals surface area contributed by atoms with Crippen molar-refractivity contribution in [3.8, 4) is 5.75 Å². The van der Waals surface area contributed by atoms with Crippen molar-refractivity contribution in [1.82, 2.24) is 4.90 Å². The molecule has 1 unspecified atom stereocenters. The number of hydrogen-bond donors (Lipinski definition) is 1. The second-order valence-electron chi connectivity index (χ2n) is 4.31. The Bertz CT molecular complexity index is 467. The molecule has 6 heteroatoms. The number of nitrogens with zero attached hydrogens (tertiary/aromatic N) is 1. The van der Waals surface area contributed by atoms with E-state index in [0.29, 0.717) is 32.1 Å². The molecule has 19 heavy (non-hydrogen) atoms. The molecule has 1 aromatic rings. The first-order valence-electron chi connectivity index (χ1n) is 6.09. The molecule has 2 rings (SSSR count). The Morgan fingerprint density at radius 2 is 2.42 bits per heavy atom. The van der Waals surface area contributed by atoms with Crippen molar-refractivity contribution in [2.75, 3.05) is 33.4 Å². The molecule has 2 N–H and O–H groups in total. The highest BCUT2D eigenvalue weighted by Gasteiger charge is 2.28. The van der Waals surface area contributed by atoms with E-state index in [1.165, 1.54) is 25.3 Å². The predicted molar refractivity (Wildman–Crippen MR) is 67.6 cm³/mol. The summed E-state index contributed by atoms with van der Waals surface area (Å²) in [4.78, 5) is 14.1. The summed E-state index contributed by atoms with van der Waals surface area (Å²) in [6.45, 7) is 1.61. The fraction of sp³-hybridized carbons (Fsp3) is 0.462. The van der Waals surface area contributed by atoms with Crippen LogP contribution in [0.3, 0.4) is 0 Å². The molecule has 0 aliphatic carbocycles. The third-order valence-electron chi connectivity index (χ3n) is 3.15. The van der Waals surface area contributed by atoms with Crippen molar-refractivity contribution in [2.45, 2.75) is 6.04 Å².